The van der Waals surface area contributed by atoms with Gasteiger partial charge in [-0.2, -0.15) is 0 Å². The van der Waals surface area contributed by atoms with E-state index in [-0.39, 0.29) is 17.5 Å². The number of phenols is 1. The summed E-state index contributed by atoms with van der Waals surface area (Å²) >= 11 is 0. The van der Waals surface area contributed by atoms with Crippen molar-refractivity contribution in [3.05, 3.63) is 23.5 Å². The Balaban J connectivity index is 2.60. The monoisotopic (exact) mass is 183 g/mol. The highest BCUT2D eigenvalue weighted by molar-refractivity contribution is 5.47. The molecule has 0 aliphatic carbocycles. The van der Waals surface area contributed by atoms with Crippen molar-refractivity contribution in [2.45, 2.75) is 12.5 Å². The summed E-state index contributed by atoms with van der Waals surface area (Å²) in [7, 11) is 0. The standard InChI is InChI=1S/C9H10FNO2/c10-5-1-2-7(12)8-6(11)3-4-13-9(5)8/h1-2,6,12H,3-4,11H2/t6-/m1/s1. The number of ether oxygens (including phenoxy) is 1. The Morgan fingerprint density at radius 3 is 3.00 bits per heavy atom. The minimum atomic E-state index is -0.469. The first kappa shape index (κ1) is 8.31. The predicted octanol–water partition coefficient (Wildman–Crippen LogP) is 1.31. The number of nitrogens with two attached hydrogens (primary N) is 1. The minimum Gasteiger partial charge on any atom is -0.507 e. The normalized spacial score (nSPS) is 20.6. The average molecular weight is 183 g/mol. The maximum absolute atomic E-state index is 13.1. The smallest absolute Gasteiger partial charge is 0.165 e. The molecule has 1 atom stereocenters. The molecule has 0 bridgehead atoms. The molecular formula is C9H10FNO2. The van der Waals surface area contributed by atoms with Crippen LogP contribution >= 0.6 is 0 Å². The fraction of sp³-hybridized carbons (Fsp3) is 0.333. The lowest BCUT2D eigenvalue weighted by Crippen LogP contribution is -2.21. The van der Waals surface area contributed by atoms with Gasteiger partial charge in [-0.1, -0.05) is 0 Å². The Labute approximate surface area is 74.9 Å². The van der Waals surface area contributed by atoms with E-state index in [2.05, 4.69) is 0 Å². The third kappa shape index (κ3) is 1.23. The van der Waals surface area contributed by atoms with Gasteiger partial charge >= 0.3 is 0 Å². The minimum absolute atomic E-state index is 0.00333. The molecule has 70 valence electrons. The van der Waals surface area contributed by atoms with Crippen molar-refractivity contribution < 1.29 is 14.2 Å². The number of phenolic OH excluding ortho intramolecular Hbond substituents is 1. The molecule has 13 heavy (non-hydrogen) atoms. The van der Waals surface area contributed by atoms with Crippen LogP contribution < -0.4 is 10.5 Å². The van der Waals surface area contributed by atoms with E-state index in [0.717, 1.165) is 0 Å². The van der Waals surface area contributed by atoms with Crippen molar-refractivity contribution in [3.8, 4) is 11.5 Å². The predicted molar refractivity (Wildman–Crippen MR) is 45.1 cm³/mol. The maximum Gasteiger partial charge on any atom is 0.165 e. The number of hydrogen-bond acceptors (Lipinski definition) is 3. The number of rotatable bonds is 0. The van der Waals surface area contributed by atoms with Crippen LogP contribution in [0.1, 0.15) is 18.0 Å². The van der Waals surface area contributed by atoms with Crippen molar-refractivity contribution in [1.82, 2.24) is 0 Å². The largest absolute Gasteiger partial charge is 0.507 e. The van der Waals surface area contributed by atoms with Crippen molar-refractivity contribution in [1.29, 1.82) is 0 Å². The molecular weight excluding hydrogens is 173 g/mol. The van der Waals surface area contributed by atoms with E-state index in [0.29, 0.717) is 18.6 Å². The first-order valence-electron chi connectivity index (χ1n) is 4.10. The fourth-order valence-electron chi connectivity index (χ4n) is 1.50. The van der Waals surface area contributed by atoms with Gasteiger partial charge in [-0.05, 0) is 12.1 Å². The molecule has 1 aromatic rings. The first-order valence-corrected chi connectivity index (χ1v) is 4.10. The zero-order valence-electron chi connectivity index (χ0n) is 6.96. The van der Waals surface area contributed by atoms with Crippen LogP contribution in [-0.4, -0.2) is 11.7 Å². The lowest BCUT2D eigenvalue weighted by atomic mass is 10.0. The number of halogens is 1. The van der Waals surface area contributed by atoms with E-state index in [1.165, 1.54) is 12.1 Å². The Morgan fingerprint density at radius 1 is 1.54 bits per heavy atom. The quantitative estimate of drug-likeness (QED) is 0.637. The number of aromatic hydroxyl groups is 1. The molecule has 3 N–H and O–H groups in total. The topological polar surface area (TPSA) is 55.5 Å². The number of benzene rings is 1. The molecule has 1 aliphatic rings. The fourth-order valence-corrected chi connectivity index (χ4v) is 1.50. The molecule has 0 aromatic heterocycles. The van der Waals surface area contributed by atoms with Crippen molar-refractivity contribution in [2.75, 3.05) is 6.61 Å². The van der Waals surface area contributed by atoms with Gasteiger partial charge in [0.15, 0.2) is 11.6 Å². The van der Waals surface area contributed by atoms with Crippen LogP contribution in [0.5, 0.6) is 11.5 Å². The van der Waals surface area contributed by atoms with Crippen LogP contribution in [0.2, 0.25) is 0 Å². The van der Waals surface area contributed by atoms with E-state index in [9.17, 15) is 9.50 Å². The Kier molecular flexibility index (Phi) is 1.84. The van der Waals surface area contributed by atoms with Gasteiger partial charge in [0.05, 0.1) is 12.2 Å². The van der Waals surface area contributed by atoms with Gasteiger partial charge in [-0.15, -0.1) is 0 Å². The molecule has 0 saturated carbocycles. The number of fused-ring (bicyclic) bond motifs is 1. The average Bonchev–Trinajstić information content (AvgIpc) is 2.12. The lowest BCUT2D eigenvalue weighted by molar-refractivity contribution is 0.250. The summed E-state index contributed by atoms with van der Waals surface area (Å²) in [6, 6.07) is 2.13. The molecule has 0 saturated heterocycles. The second-order valence-corrected chi connectivity index (χ2v) is 3.05. The molecule has 0 fully saturated rings. The molecule has 0 radical (unpaired) electrons. The van der Waals surface area contributed by atoms with Crippen LogP contribution in [-0.2, 0) is 0 Å². The lowest BCUT2D eigenvalue weighted by Gasteiger charge is -2.23. The highest BCUT2D eigenvalue weighted by atomic mass is 19.1. The van der Waals surface area contributed by atoms with Crippen LogP contribution in [0.3, 0.4) is 0 Å². The third-order valence-corrected chi connectivity index (χ3v) is 2.17. The van der Waals surface area contributed by atoms with E-state index in [4.69, 9.17) is 10.5 Å². The zero-order chi connectivity index (χ0) is 9.42. The Morgan fingerprint density at radius 2 is 2.31 bits per heavy atom. The van der Waals surface area contributed by atoms with E-state index in [1.807, 2.05) is 0 Å². The summed E-state index contributed by atoms with van der Waals surface area (Å²) in [4.78, 5) is 0. The summed E-state index contributed by atoms with van der Waals surface area (Å²) in [6.07, 6.45) is 0.601. The first-order chi connectivity index (χ1) is 6.20. The van der Waals surface area contributed by atoms with Gasteiger partial charge in [-0.3, -0.25) is 0 Å². The molecule has 1 aromatic carbocycles. The second-order valence-electron chi connectivity index (χ2n) is 3.05. The molecule has 1 aliphatic heterocycles. The summed E-state index contributed by atoms with van der Waals surface area (Å²) < 4.78 is 18.2. The van der Waals surface area contributed by atoms with Crippen molar-refractivity contribution in [3.63, 3.8) is 0 Å². The van der Waals surface area contributed by atoms with Gasteiger partial charge in [0, 0.05) is 12.5 Å². The van der Waals surface area contributed by atoms with Gasteiger partial charge in [0.2, 0.25) is 0 Å². The second kappa shape index (κ2) is 2.88. The molecule has 1 heterocycles. The zero-order valence-corrected chi connectivity index (χ0v) is 6.96. The van der Waals surface area contributed by atoms with E-state index >= 15 is 0 Å². The molecule has 0 spiro atoms. The van der Waals surface area contributed by atoms with Crippen LogP contribution in [0.15, 0.2) is 12.1 Å². The Hall–Kier alpha value is -1.29. The van der Waals surface area contributed by atoms with E-state index < -0.39 is 5.82 Å². The Bertz CT molecular complexity index is 341. The van der Waals surface area contributed by atoms with E-state index in [1.54, 1.807) is 0 Å². The van der Waals surface area contributed by atoms with Crippen molar-refractivity contribution >= 4 is 0 Å². The third-order valence-electron chi connectivity index (χ3n) is 2.17. The number of hydrogen-bond donors (Lipinski definition) is 2. The SMILES string of the molecule is N[C@@H]1CCOc2c(F)ccc(O)c21. The summed E-state index contributed by atoms with van der Waals surface area (Å²) in [5, 5.41) is 9.42. The molecule has 3 nitrogen and oxygen atoms in total. The highest BCUT2D eigenvalue weighted by Gasteiger charge is 2.24. The highest BCUT2D eigenvalue weighted by Crippen LogP contribution is 2.38. The van der Waals surface area contributed by atoms with Gasteiger partial charge < -0.3 is 15.6 Å². The van der Waals surface area contributed by atoms with Gasteiger partial charge in [0.25, 0.3) is 0 Å². The maximum atomic E-state index is 13.1. The van der Waals surface area contributed by atoms with Crippen molar-refractivity contribution in [2.24, 2.45) is 5.73 Å². The van der Waals surface area contributed by atoms with Crippen LogP contribution in [0, 0.1) is 5.82 Å². The summed E-state index contributed by atoms with van der Waals surface area (Å²) in [5.74, 6) is -0.370. The summed E-state index contributed by atoms with van der Waals surface area (Å²) in [5.41, 5.74) is 6.09. The molecule has 0 amide bonds. The summed E-state index contributed by atoms with van der Waals surface area (Å²) in [6.45, 7) is 0.397. The molecule has 2 rings (SSSR count). The van der Waals surface area contributed by atoms with Gasteiger partial charge in [-0.25, -0.2) is 4.39 Å². The van der Waals surface area contributed by atoms with Crippen LogP contribution in [0.25, 0.3) is 0 Å². The van der Waals surface area contributed by atoms with Crippen LogP contribution in [0.4, 0.5) is 4.39 Å². The molecule has 0 unspecified atom stereocenters. The van der Waals surface area contributed by atoms with Gasteiger partial charge in [0.1, 0.15) is 5.75 Å². The molecule has 4 heteroatoms.